The van der Waals surface area contributed by atoms with Gasteiger partial charge in [0.25, 0.3) is 0 Å². The number of carbonyl (C=O) groups excluding carboxylic acids is 1. The van der Waals surface area contributed by atoms with Crippen molar-refractivity contribution in [2.24, 2.45) is 0 Å². The van der Waals surface area contributed by atoms with E-state index >= 15 is 0 Å². The van der Waals surface area contributed by atoms with Gasteiger partial charge in [0.1, 0.15) is 6.61 Å². The van der Waals surface area contributed by atoms with E-state index in [0.717, 1.165) is 6.47 Å². The minimum Gasteiger partial charge on any atom is -0.456 e. The molecule has 1 radical (unpaired) electrons. The lowest BCUT2D eigenvalue weighted by molar-refractivity contribution is 0.297. The standard InChI is InChI=1S/C9H9O6S2/c10-7-15-5-6-17(13,14)9-3-1-8(2-4-9)16(11)12/h1-4,16H,5-6H2. The molecule has 0 unspecified atom stereocenters. The van der Waals surface area contributed by atoms with Crippen molar-refractivity contribution in [2.45, 2.75) is 9.79 Å². The van der Waals surface area contributed by atoms with Gasteiger partial charge in [0.2, 0.25) is 0 Å². The van der Waals surface area contributed by atoms with Crippen LogP contribution in [0.5, 0.6) is 0 Å². The molecule has 0 spiro atoms. The van der Waals surface area contributed by atoms with Gasteiger partial charge in [-0.15, -0.1) is 0 Å². The highest BCUT2D eigenvalue weighted by Gasteiger charge is 2.14. The number of thiol groups is 1. The molecule has 17 heavy (non-hydrogen) atoms. The fraction of sp³-hybridized carbons (Fsp3) is 0.222. The summed E-state index contributed by atoms with van der Waals surface area (Å²) in [7, 11) is -6.30. The van der Waals surface area contributed by atoms with Gasteiger partial charge in [-0.05, 0) is 24.3 Å². The first-order valence-electron chi connectivity index (χ1n) is 4.43. The molecule has 0 amide bonds. The van der Waals surface area contributed by atoms with Crippen molar-refractivity contribution in [3.05, 3.63) is 24.3 Å². The number of rotatable bonds is 6. The molecule has 1 aromatic rings. The van der Waals surface area contributed by atoms with E-state index in [-0.39, 0.29) is 22.2 Å². The minimum atomic E-state index is -3.58. The van der Waals surface area contributed by atoms with Crippen molar-refractivity contribution >= 4 is 27.0 Å². The van der Waals surface area contributed by atoms with Crippen LogP contribution in [0.3, 0.4) is 0 Å². The van der Waals surface area contributed by atoms with Crippen molar-refractivity contribution in [1.82, 2.24) is 0 Å². The van der Waals surface area contributed by atoms with Crippen LogP contribution < -0.4 is 0 Å². The molecule has 0 bridgehead atoms. The highest BCUT2D eigenvalue weighted by Crippen LogP contribution is 2.13. The predicted octanol–water partition coefficient (Wildman–Crippen LogP) is -0.486. The fourth-order valence-corrected chi connectivity index (χ4v) is 2.57. The Balaban J connectivity index is 2.88. The first-order valence-corrected chi connectivity index (χ1v) is 7.26. The summed E-state index contributed by atoms with van der Waals surface area (Å²) in [4.78, 5) is 9.76. The van der Waals surface area contributed by atoms with E-state index < -0.39 is 20.5 Å². The van der Waals surface area contributed by atoms with Crippen LogP contribution >= 0.6 is 0 Å². The Morgan fingerprint density at radius 1 is 1.18 bits per heavy atom. The smallest absolute Gasteiger partial charge is 0.417 e. The Kier molecular flexibility index (Phi) is 4.64. The SMILES string of the molecule is O=[C]OCCS(=O)(=O)c1ccc([SH](=O)=O)cc1. The first-order chi connectivity index (χ1) is 7.97. The van der Waals surface area contributed by atoms with Crippen molar-refractivity contribution in [3.63, 3.8) is 0 Å². The molecular formula is C9H9O6S2. The summed E-state index contributed by atoms with van der Waals surface area (Å²) in [5, 5.41) is 0. The first kappa shape index (κ1) is 13.7. The summed E-state index contributed by atoms with van der Waals surface area (Å²) in [6.45, 7) is 0.833. The number of hydrogen-bond acceptors (Lipinski definition) is 6. The van der Waals surface area contributed by atoms with Gasteiger partial charge in [-0.2, -0.15) is 0 Å². The van der Waals surface area contributed by atoms with Crippen molar-refractivity contribution in [3.8, 4) is 0 Å². The van der Waals surface area contributed by atoms with Crippen LogP contribution in [0.2, 0.25) is 0 Å². The molecule has 0 N–H and O–H groups in total. The average molecular weight is 277 g/mol. The second-order valence-corrected chi connectivity index (χ2v) is 6.14. The largest absolute Gasteiger partial charge is 0.456 e. The molecule has 0 atom stereocenters. The van der Waals surface area contributed by atoms with E-state index in [1.54, 1.807) is 0 Å². The molecule has 0 heterocycles. The van der Waals surface area contributed by atoms with Crippen molar-refractivity contribution < 1.29 is 26.4 Å². The summed E-state index contributed by atoms with van der Waals surface area (Å²) in [6, 6.07) is 4.79. The normalized spacial score (nSPS) is 11.4. The Morgan fingerprint density at radius 3 is 2.24 bits per heavy atom. The summed E-state index contributed by atoms with van der Waals surface area (Å²) >= 11 is 0. The zero-order chi connectivity index (χ0) is 12.9. The molecule has 0 saturated carbocycles. The molecule has 8 heteroatoms. The van der Waals surface area contributed by atoms with Crippen LogP contribution in [0.15, 0.2) is 34.1 Å². The predicted molar refractivity (Wildman–Crippen MR) is 58.7 cm³/mol. The third-order valence-electron chi connectivity index (χ3n) is 1.92. The van der Waals surface area contributed by atoms with Crippen molar-refractivity contribution in [1.29, 1.82) is 0 Å². The van der Waals surface area contributed by atoms with E-state index in [2.05, 4.69) is 4.74 Å². The average Bonchev–Trinajstić information content (AvgIpc) is 2.29. The molecule has 0 aliphatic heterocycles. The van der Waals surface area contributed by atoms with E-state index in [1.165, 1.54) is 24.3 Å². The van der Waals surface area contributed by atoms with E-state index in [9.17, 15) is 21.6 Å². The number of hydrogen-bond donors (Lipinski definition) is 1. The molecule has 0 saturated heterocycles. The topological polar surface area (TPSA) is 94.6 Å². The molecule has 0 aromatic heterocycles. The molecule has 0 aliphatic carbocycles. The van der Waals surface area contributed by atoms with Gasteiger partial charge in [-0.3, -0.25) is 0 Å². The van der Waals surface area contributed by atoms with E-state index in [0.29, 0.717) is 0 Å². The van der Waals surface area contributed by atoms with Crippen molar-refractivity contribution in [2.75, 3.05) is 12.4 Å². The molecular weight excluding hydrogens is 268 g/mol. The van der Waals surface area contributed by atoms with Crippen LogP contribution in [0.4, 0.5) is 0 Å². The summed E-state index contributed by atoms with van der Waals surface area (Å²) < 4.78 is 48.6. The Labute approximate surface area is 100 Å². The van der Waals surface area contributed by atoms with Gasteiger partial charge in [0.05, 0.1) is 15.5 Å². The zero-order valence-corrected chi connectivity index (χ0v) is 10.2. The Bertz CT molecular complexity index is 548. The summed E-state index contributed by atoms with van der Waals surface area (Å²) in [5.74, 6) is -0.370. The minimum absolute atomic E-state index is 0.0207. The quantitative estimate of drug-likeness (QED) is 0.557. The number of ether oxygens (including phenoxy) is 1. The number of sulfone groups is 1. The lowest BCUT2D eigenvalue weighted by Gasteiger charge is -2.03. The molecule has 1 rings (SSSR count). The van der Waals surface area contributed by atoms with Crippen LogP contribution in [0.25, 0.3) is 0 Å². The van der Waals surface area contributed by atoms with Gasteiger partial charge in [0, 0.05) is 0 Å². The van der Waals surface area contributed by atoms with Crippen LogP contribution in [-0.4, -0.2) is 35.7 Å². The van der Waals surface area contributed by atoms with Gasteiger partial charge in [-0.1, -0.05) is 0 Å². The van der Waals surface area contributed by atoms with Crippen LogP contribution in [0.1, 0.15) is 0 Å². The van der Waals surface area contributed by atoms with E-state index in [1.807, 2.05) is 0 Å². The maximum absolute atomic E-state index is 11.6. The van der Waals surface area contributed by atoms with Gasteiger partial charge in [-0.25, -0.2) is 21.6 Å². The zero-order valence-electron chi connectivity index (χ0n) is 8.53. The van der Waals surface area contributed by atoms with Gasteiger partial charge < -0.3 is 4.74 Å². The maximum Gasteiger partial charge on any atom is 0.417 e. The Morgan fingerprint density at radius 2 is 1.76 bits per heavy atom. The summed E-state index contributed by atoms with van der Waals surface area (Å²) in [6.07, 6.45) is 0. The maximum atomic E-state index is 11.6. The third kappa shape index (κ3) is 3.82. The molecule has 6 nitrogen and oxygen atoms in total. The second kappa shape index (κ2) is 5.78. The van der Waals surface area contributed by atoms with E-state index in [4.69, 9.17) is 0 Å². The molecule has 0 aliphatic rings. The van der Waals surface area contributed by atoms with Gasteiger partial charge >= 0.3 is 6.47 Å². The highest BCUT2D eigenvalue weighted by atomic mass is 32.2. The van der Waals surface area contributed by atoms with Crippen LogP contribution in [0, 0.1) is 0 Å². The summed E-state index contributed by atoms with van der Waals surface area (Å²) in [5.41, 5.74) is 0. The highest BCUT2D eigenvalue weighted by molar-refractivity contribution is 7.91. The second-order valence-electron chi connectivity index (χ2n) is 3.00. The third-order valence-corrected chi connectivity index (χ3v) is 4.33. The molecule has 93 valence electrons. The number of benzene rings is 1. The fourth-order valence-electron chi connectivity index (χ4n) is 1.09. The van der Waals surface area contributed by atoms with Crippen LogP contribution in [-0.2, 0) is 30.1 Å². The molecule has 0 fully saturated rings. The van der Waals surface area contributed by atoms with Gasteiger partial charge in [0.15, 0.2) is 20.5 Å². The Hall–Kier alpha value is -1.41. The molecule has 1 aromatic carbocycles. The lowest BCUT2D eigenvalue weighted by atomic mass is 10.4. The lowest BCUT2D eigenvalue weighted by Crippen LogP contribution is -2.12. The monoisotopic (exact) mass is 277 g/mol.